The number of para-hydroxylation sites is 1. The molecule has 3 N–H and O–H groups in total. The quantitative estimate of drug-likeness (QED) is 0.572. The van der Waals surface area contributed by atoms with Crippen LogP contribution >= 0.6 is 12.2 Å². The lowest BCUT2D eigenvalue weighted by Crippen LogP contribution is -2.48. The molecule has 0 radical (unpaired) electrons. The van der Waals surface area contributed by atoms with Crippen molar-refractivity contribution in [2.75, 3.05) is 13.2 Å². The highest BCUT2D eigenvalue weighted by atomic mass is 32.1. The van der Waals surface area contributed by atoms with Crippen LogP contribution in [0.3, 0.4) is 0 Å². The van der Waals surface area contributed by atoms with Gasteiger partial charge < -0.3 is 10.1 Å². The predicted octanol–water partition coefficient (Wildman–Crippen LogP) is 1.20. The van der Waals surface area contributed by atoms with Crippen molar-refractivity contribution in [3.63, 3.8) is 0 Å². The lowest BCUT2D eigenvalue weighted by Gasteiger charge is -2.13. The third kappa shape index (κ3) is 5.13. The molecule has 1 aromatic carbocycles. The summed E-state index contributed by atoms with van der Waals surface area (Å²) in [5.41, 5.74) is 7.06. The summed E-state index contributed by atoms with van der Waals surface area (Å²) in [4.78, 5) is 11.6. The van der Waals surface area contributed by atoms with Gasteiger partial charge in [0.25, 0.3) is 5.91 Å². The molecule has 0 spiro atoms. The Labute approximate surface area is 118 Å². The van der Waals surface area contributed by atoms with Crippen LogP contribution in [0.1, 0.15) is 18.1 Å². The smallest absolute Gasteiger partial charge is 0.276 e. The largest absolute Gasteiger partial charge is 0.483 e. The maximum atomic E-state index is 11.6. The zero-order valence-corrected chi connectivity index (χ0v) is 12.2. The summed E-state index contributed by atoms with van der Waals surface area (Å²) < 4.78 is 5.51. The van der Waals surface area contributed by atoms with E-state index >= 15 is 0 Å². The summed E-state index contributed by atoms with van der Waals surface area (Å²) in [7, 11) is 0. The molecular formula is C13H19N3O2S. The fourth-order valence-corrected chi connectivity index (χ4v) is 1.73. The number of amides is 1. The van der Waals surface area contributed by atoms with E-state index in [1.807, 2.05) is 39.0 Å². The zero-order chi connectivity index (χ0) is 14.3. The van der Waals surface area contributed by atoms with E-state index < -0.39 is 0 Å². The van der Waals surface area contributed by atoms with E-state index in [-0.39, 0.29) is 12.5 Å². The molecule has 1 amide bonds. The maximum absolute atomic E-state index is 11.6. The molecule has 0 atom stereocenters. The highest BCUT2D eigenvalue weighted by Gasteiger charge is 2.07. The Bertz CT molecular complexity index is 443. The number of hydrogen-bond donors (Lipinski definition) is 3. The van der Waals surface area contributed by atoms with Gasteiger partial charge in [-0.1, -0.05) is 18.2 Å². The van der Waals surface area contributed by atoms with Crippen LogP contribution in [0.2, 0.25) is 0 Å². The first-order valence-corrected chi connectivity index (χ1v) is 6.47. The summed E-state index contributed by atoms with van der Waals surface area (Å²) in [6.07, 6.45) is 0. The van der Waals surface area contributed by atoms with Gasteiger partial charge in [-0.3, -0.25) is 15.6 Å². The number of hydrogen-bond acceptors (Lipinski definition) is 3. The van der Waals surface area contributed by atoms with Gasteiger partial charge in [0.15, 0.2) is 11.7 Å². The fourth-order valence-electron chi connectivity index (χ4n) is 1.53. The topological polar surface area (TPSA) is 62.4 Å². The Morgan fingerprint density at radius 3 is 2.47 bits per heavy atom. The van der Waals surface area contributed by atoms with Gasteiger partial charge in [-0.25, -0.2) is 0 Å². The van der Waals surface area contributed by atoms with E-state index in [0.717, 1.165) is 16.9 Å². The third-order valence-electron chi connectivity index (χ3n) is 2.41. The fraction of sp³-hybridized carbons (Fsp3) is 0.385. The minimum atomic E-state index is -0.289. The Kier molecular flexibility index (Phi) is 6.08. The van der Waals surface area contributed by atoms with Gasteiger partial charge in [0, 0.05) is 6.54 Å². The van der Waals surface area contributed by atoms with Crippen LogP contribution in [-0.2, 0) is 4.79 Å². The van der Waals surface area contributed by atoms with Gasteiger partial charge in [0.1, 0.15) is 5.75 Å². The lowest BCUT2D eigenvalue weighted by atomic mass is 10.1. The third-order valence-corrected chi connectivity index (χ3v) is 2.66. The number of hydrazine groups is 1. The minimum absolute atomic E-state index is 0.0621. The maximum Gasteiger partial charge on any atom is 0.276 e. The second kappa shape index (κ2) is 7.58. The van der Waals surface area contributed by atoms with Gasteiger partial charge in [-0.2, -0.15) is 0 Å². The molecule has 0 fully saturated rings. The van der Waals surface area contributed by atoms with Gasteiger partial charge in [0.2, 0.25) is 0 Å². The number of nitrogens with one attached hydrogen (secondary N) is 3. The molecule has 0 aliphatic rings. The number of carbonyl (C=O) groups excluding carboxylic acids is 1. The van der Waals surface area contributed by atoms with Crippen LogP contribution in [0, 0.1) is 13.8 Å². The van der Waals surface area contributed by atoms with Crippen molar-refractivity contribution < 1.29 is 9.53 Å². The van der Waals surface area contributed by atoms with E-state index in [4.69, 9.17) is 17.0 Å². The van der Waals surface area contributed by atoms with Crippen LogP contribution in [0.5, 0.6) is 5.75 Å². The summed E-state index contributed by atoms with van der Waals surface area (Å²) >= 11 is 4.91. The number of thiocarbonyl (C=S) groups is 1. The number of carbonyl (C=O) groups is 1. The van der Waals surface area contributed by atoms with Crippen molar-refractivity contribution in [2.45, 2.75) is 20.8 Å². The molecule has 104 valence electrons. The second-order valence-electron chi connectivity index (χ2n) is 4.04. The van der Waals surface area contributed by atoms with Crippen LogP contribution in [-0.4, -0.2) is 24.2 Å². The molecule has 1 rings (SSSR count). The number of rotatable bonds is 4. The molecule has 5 nitrogen and oxygen atoms in total. The summed E-state index contributed by atoms with van der Waals surface area (Å²) in [5, 5.41) is 3.24. The van der Waals surface area contributed by atoms with E-state index in [2.05, 4.69) is 16.2 Å². The molecule has 0 aromatic heterocycles. The standard InChI is InChI=1S/C13H19N3O2S/c1-4-14-13(19)16-15-11(17)8-18-12-9(2)6-5-7-10(12)3/h5-7H,4,8H2,1-3H3,(H,15,17)(H2,14,16,19). The van der Waals surface area contributed by atoms with Crippen molar-refractivity contribution >= 4 is 23.2 Å². The molecule has 0 heterocycles. The number of aryl methyl sites for hydroxylation is 2. The first-order valence-electron chi connectivity index (χ1n) is 6.06. The van der Waals surface area contributed by atoms with Crippen molar-refractivity contribution in [1.82, 2.24) is 16.2 Å². The van der Waals surface area contributed by atoms with Crippen molar-refractivity contribution in [3.05, 3.63) is 29.3 Å². The average molecular weight is 281 g/mol. The molecule has 19 heavy (non-hydrogen) atoms. The highest BCUT2D eigenvalue weighted by Crippen LogP contribution is 2.21. The van der Waals surface area contributed by atoms with E-state index in [0.29, 0.717) is 11.7 Å². The van der Waals surface area contributed by atoms with Crippen LogP contribution < -0.4 is 20.9 Å². The van der Waals surface area contributed by atoms with Gasteiger partial charge in [-0.15, -0.1) is 0 Å². The average Bonchev–Trinajstić information content (AvgIpc) is 2.36. The summed E-state index contributed by atoms with van der Waals surface area (Å²) in [6, 6.07) is 5.84. The minimum Gasteiger partial charge on any atom is -0.483 e. The predicted molar refractivity (Wildman–Crippen MR) is 79.0 cm³/mol. The SMILES string of the molecule is CCNC(=S)NNC(=O)COc1c(C)cccc1C. The number of benzene rings is 1. The van der Waals surface area contributed by atoms with Crippen LogP contribution in [0.25, 0.3) is 0 Å². The molecule has 0 saturated heterocycles. The molecule has 0 aliphatic heterocycles. The second-order valence-corrected chi connectivity index (χ2v) is 4.45. The Morgan fingerprint density at radius 1 is 1.26 bits per heavy atom. The Balaban J connectivity index is 2.40. The zero-order valence-electron chi connectivity index (χ0n) is 11.4. The van der Waals surface area contributed by atoms with Crippen LogP contribution in [0.4, 0.5) is 0 Å². The monoisotopic (exact) mass is 281 g/mol. The molecule has 6 heteroatoms. The van der Waals surface area contributed by atoms with E-state index in [9.17, 15) is 4.79 Å². The van der Waals surface area contributed by atoms with Crippen molar-refractivity contribution in [3.8, 4) is 5.75 Å². The van der Waals surface area contributed by atoms with Gasteiger partial charge in [-0.05, 0) is 44.1 Å². The molecule has 0 unspecified atom stereocenters. The first kappa shape index (κ1) is 15.2. The molecule has 0 aliphatic carbocycles. The molecule has 1 aromatic rings. The van der Waals surface area contributed by atoms with Crippen LogP contribution in [0.15, 0.2) is 18.2 Å². The Morgan fingerprint density at radius 2 is 1.89 bits per heavy atom. The molecule has 0 bridgehead atoms. The lowest BCUT2D eigenvalue weighted by molar-refractivity contribution is -0.123. The summed E-state index contributed by atoms with van der Waals surface area (Å²) in [6.45, 7) is 6.44. The highest BCUT2D eigenvalue weighted by molar-refractivity contribution is 7.80. The molecule has 0 saturated carbocycles. The first-order chi connectivity index (χ1) is 9.04. The summed E-state index contributed by atoms with van der Waals surface area (Å²) in [5.74, 6) is 0.454. The van der Waals surface area contributed by atoms with Crippen molar-refractivity contribution in [1.29, 1.82) is 0 Å². The van der Waals surface area contributed by atoms with E-state index in [1.54, 1.807) is 0 Å². The Hall–Kier alpha value is -1.82. The van der Waals surface area contributed by atoms with E-state index in [1.165, 1.54) is 0 Å². The van der Waals surface area contributed by atoms with Crippen molar-refractivity contribution in [2.24, 2.45) is 0 Å². The van der Waals surface area contributed by atoms with Gasteiger partial charge >= 0.3 is 0 Å². The number of ether oxygens (including phenoxy) is 1. The normalized spacial score (nSPS) is 9.63. The van der Waals surface area contributed by atoms with Gasteiger partial charge in [0.05, 0.1) is 0 Å². The molecular weight excluding hydrogens is 262 g/mol.